The van der Waals surface area contributed by atoms with Gasteiger partial charge in [0.15, 0.2) is 0 Å². The summed E-state index contributed by atoms with van der Waals surface area (Å²) in [6.07, 6.45) is 5.67. The normalized spacial score (nSPS) is 12.4. The zero-order chi connectivity index (χ0) is 7.11. The van der Waals surface area contributed by atoms with Crippen molar-refractivity contribution >= 4 is 12.6 Å². The van der Waals surface area contributed by atoms with Crippen LogP contribution in [-0.4, -0.2) is 5.75 Å². The van der Waals surface area contributed by atoms with Crippen LogP contribution in [0.5, 0.6) is 0 Å². The van der Waals surface area contributed by atoms with Crippen molar-refractivity contribution in [1.29, 1.82) is 0 Å². The average Bonchev–Trinajstić information content (AvgIpc) is 1.85. The van der Waals surface area contributed by atoms with E-state index in [1.165, 1.54) is 18.2 Å². The summed E-state index contributed by atoms with van der Waals surface area (Å²) >= 11 is 3.86. The van der Waals surface area contributed by atoms with Gasteiger partial charge in [-0.1, -0.05) is 18.7 Å². The van der Waals surface area contributed by atoms with Gasteiger partial charge in [0.1, 0.15) is 5.83 Å². The molecule has 0 heterocycles. The number of halogens is 1. The van der Waals surface area contributed by atoms with Gasteiger partial charge in [0.2, 0.25) is 0 Å². The Balaban J connectivity index is 3.74. The minimum atomic E-state index is -0.293. The van der Waals surface area contributed by atoms with Crippen LogP contribution in [0.2, 0.25) is 0 Å². The number of rotatable bonds is 3. The summed E-state index contributed by atoms with van der Waals surface area (Å²) in [5.41, 5.74) is 0. The maximum Gasteiger partial charge on any atom is 0.122 e. The average molecular weight is 144 g/mol. The third-order valence-corrected chi connectivity index (χ3v) is 0.870. The largest absolute Gasteiger partial charge is 0.207 e. The molecule has 0 nitrogen and oxygen atoms in total. The van der Waals surface area contributed by atoms with Gasteiger partial charge in [-0.3, -0.25) is 0 Å². The molecule has 0 spiro atoms. The Labute approximate surface area is 60.2 Å². The van der Waals surface area contributed by atoms with Gasteiger partial charge < -0.3 is 0 Å². The number of hydrogen-bond donors (Lipinski definition) is 1. The first kappa shape index (κ1) is 8.50. The van der Waals surface area contributed by atoms with Gasteiger partial charge in [0, 0.05) is 5.75 Å². The predicted octanol–water partition coefficient (Wildman–Crippen LogP) is 2.51. The highest BCUT2D eigenvalue weighted by Crippen LogP contribution is 1.97. The van der Waals surface area contributed by atoms with Crippen molar-refractivity contribution in [2.45, 2.75) is 0 Å². The molecule has 2 heteroatoms. The highest BCUT2D eigenvalue weighted by atomic mass is 32.1. The van der Waals surface area contributed by atoms with Crippen LogP contribution < -0.4 is 0 Å². The lowest BCUT2D eigenvalue weighted by Crippen LogP contribution is -1.64. The van der Waals surface area contributed by atoms with Crippen LogP contribution in [-0.2, 0) is 0 Å². The fourth-order valence-electron chi connectivity index (χ4n) is 0.333. The molecule has 9 heavy (non-hydrogen) atoms. The standard InChI is InChI=1S/C7H9FS/c1-2-4-7(8)5-3-6-9/h2-5,9H,1,6H2/b5-3-,7-4+. The Bertz CT molecular complexity index is 136. The van der Waals surface area contributed by atoms with E-state index in [2.05, 4.69) is 19.2 Å². The minimum Gasteiger partial charge on any atom is -0.207 e. The quantitative estimate of drug-likeness (QED) is 0.456. The van der Waals surface area contributed by atoms with Crippen LogP contribution in [0.3, 0.4) is 0 Å². The first-order valence-corrected chi connectivity index (χ1v) is 3.20. The molecule has 0 amide bonds. The lowest BCUT2D eigenvalue weighted by Gasteiger charge is -1.80. The molecule has 50 valence electrons. The SMILES string of the molecule is C=C/C=C(F)\C=C/CS. The van der Waals surface area contributed by atoms with Gasteiger partial charge in [0.25, 0.3) is 0 Å². The maximum atomic E-state index is 12.3. The molecule has 0 N–H and O–H groups in total. The van der Waals surface area contributed by atoms with Gasteiger partial charge in [-0.05, 0) is 12.2 Å². The van der Waals surface area contributed by atoms with E-state index in [9.17, 15) is 4.39 Å². The zero-order valence-corrected chi connectivity index (χ0v) is 5.94. The second-order valence-corrected chi connectivity index (χ2v) is 1.74. The molecule has 0 aliphatic heterocycles. The third-order valence-electron chi connectivity index (χ3n) is 0.660. The molecule has 0 aliphatic carbocycles. The molecule has 0 fully saturated rings. The van der Waals surface area contributed by atoms with E-state index >= 15 is 0 Å². The number of allylic oxidation sites excluding steroid dienone is 4. The van der Waals surface area contributed by atoms with Crippen molar-refractivity contribution < 1.29 is 4.39 Å². The van der Waals surface area contributed by atoms with E-state index in [-0.39, 0.29) is 5.83 Å². The third kappa shape index (κ3) is 5.37. The molecule has 0 aromatic rings. The minimum absolute atomic E-state index is 0.293. The van der Waals surface area contributed by atoms with Gasteiger partial charge in [-0.2, -0.15) is 12.6 Å². The van der Waals surface area contributed by atoms with Crippen LogP contribution >= 0.6 is 12.6 Å². The van der Waals surface area contributed by atoms with Crippen molar-refractivity contribution in [1.82, 2.24) is 0 Å². The van der Waals surface area contributed by atoms with Crippen LogP contribution in [0, 0.1) is 0 Å². The second-order valence-electron chi connectivity index (χ2n) is 1.37. The summed E-state index contributed by atoms with van der Waals surface area (Å²) < 4.78 is 12.3. The molecule has 0 rings (SSSR count). The van der Waals surface area contributed by atoms with E-state index in [0.717, 1.165) is 0 Å². The van der Waals surface area contributed by atoms with Crippen LogP contribution in [0.4, 0.5) is 4.39 Å². The van der Waals surface area contributed by atoms with Gasteiger partial charge in [-0.15, -0.1) is 0 Å². The van der Waals surface area contributed by atoms with Crippen molar-refractivity contribution in [3.05, 3.63) is 36.7 Å². The molecule has 0 saturated carbocycles. The van der Waals surface area contributed by atoms with Crippen molar-refractivity contribution in [2.24, 2.45) is 0 Å². The van der Waals surface area contributed by atoms with Crippen LogP contribution in [0.1, 0.15) is 0 Å². The van der Waals surface area contributed by atoms with E-state index < -0.39 is 0 Å². The predicted molar refractivity (Wildman–Crippen MR) is 42.4 cm³/mol. The lowest BCUT2D eigenvalue weighted by atomic mass is 10.4. The Hall–Kier alpha value is -0.500. The van der Waals surface area contributed by atoms with Crippen molar-refractivity contribution in [2.75, 3.05) is 5.75 Å². The van der Waals surface area contributed by atoms with E-state index in [1.807, 2.05) is 0 Å². The lowest BCUT2D eigenvalue weighted by molar-refractivity contribution is 0.667. The molecule has 0 aliphatic rings. The molecular weight excluding hydrogens is 135 g/mol. The molecule has 0 bridgehead atoms. The fraction of sp³-hybridized carbons (Fsp3) is 0.143. The van der Waals surface area contributed by atoms with Gasteiger partial charge in [0.05, 0.1) is 0 Å². The Morgan fingerprint density at radius 3 is 2.78 bits per heavy atom. The topological polar surface area (TPSA) is 0 Å². The van der Waals surface area contributed by atoms with Crippen LogP contribution in [0.25, 0.3) is 0 Å². The smallest absolute Gasteiger partial charge is 0.122 e. The summed E-state index contributed by atoms with van der Waals surface area (Å²) in [7, 11) is 0. The Morgan fingerprint density at radius 2 is 2.33 bits per heavy atom. The van der Waals surface area contributed by atoms with E-state index in [4.69, 9.17) is 0 Å². The molecule has 0 aromatic carbocycles. The molecule has 0 radical (unpaired) electrons. The van der Waals surface area contributed by atoms with Gasteiger partial charge >= 0.3 is 0 Å². The maximum absolute atomic E-state index is 12.3. The van der Waals surface area contributed by atoms with Gasteiger partial charge in [-0.25, -0.2) is 4.39 Å². The monoisotopic (exact) mass is 144 g/mol. The highest BCUT2D eigenvalue weighted by molar-refractivity contribution is 7.80. The van der Waals surface area contributed by atoms with Crippen molar-refractivity contribution in [3.8, 4) is 0 Å². The zero-order valence-electron chi connectivity index (χ0n) is 5.05. The number of hydrogen-bond acceptors (Lipinski definition) is 1. The number of thiol groups is 1. The second kappa shape index (κ2) is 5.63. The summed E-state index contributed by atoms with van der Waals surface area (Å²) in [5, 5.41) is 0. The van der Waals surface area contributed by atoms with Crippen LogP contribution in [0.15, 0.2) is 36.7 Å². The molecular formula is C7H9FS. The molecule has 0 saturated heterocycles. The first-order chi connectivity index (χ1) is 4.31. The molecule has 0 unspecified atom stereocenters. The highest BCUT2D eigenvalue weighted by Gasteiger charge is 1.79. The summed E-state index contributed by atoms with van der Waals surface area (Å²) in [5.74, 6) is 0.261. The van der Waals surface area contributed by atoms with E-state index in [1.54, 1.807) is 6.08 Å². The first-order valence-electron chi connectivity index (χ1n) is 2.57. The van der Waals surface area contributed by atoms with Crippen molar-refractivity contribution in [3.63, 3.8) is 0 Å². The molecule has 0 atom stereocenters. The summed E-state index contributed by atoms with van der Waals surface area (Å²) in [6, 6.07) is 0. The van der Waals surface area contributed by atoms with E-state index in [0.29, 0.717) is 5.75 Å². The molecule has 0 aromatic heterocycles. The fourth-order valence-corrected chi connectivity index (χ4v) is 0.439. The Morgan fingerprint density at radius 1 is 1.67 bits per heavy atom. The summed E-state index contributed by atoms with van der Waals surface area (Å²) in [4.78, 5) is 0. The summed E-state index contributed by atoms with van der Waals surface area (Å²) in [6.45, 7) is 3.34. The Kier molecular flexibility index (Phi) is 5.32.